The molecule has 0 aliphatic heterocycles. The van der Waals surface area contributed by atoms with Gasteiger partial charge < -0.3 is 10.2 Å². The first-order valence-corrected chi connectivity index (χ1v) is 15.4. The molecule has 7 nitrogen and oxygen atoms in total. The van der Waals surface area contributed by atoms with Crippen molar-refractivity contribution in [3.8, 4) is 0 Å². The predicted octanol–water partition coefficient (Wildman–Crippen LogP) is 5.34. The van der Waals surface area contributed by atoms with E-state index in [0.717, 1.165) is 25.5 Å². The topological polar surface area (TPSA) is 86.8 Å². The first-order valence-electron chi connectivity index (χ1n) is 13.1. The van der Waals surface area contributed by atoms with Crippen molar-refractivity contribution in [3.05, 3.63) is 130 Å². The van der Waals surface area contributed by atoms with Gasteiger partial charge in [0.25, 0.3) is 10.0 Å². The highest BCUT2D eigenvalue weighted by atomic mass is 79.9. The number of amides is 2. The van der Waals surface area contributed by atoms with Crippen molar-refractivity contribution in [2.75, 3.05) is 17.9 Å². The monoisotopic (exact) mass is 633 g/mol. The Kier molecular flexibility index (Phi) is 9.96. The minimum atomic E-state index is -4.11. The number of hydrogen-bond donors (Lipinski definition) is 1. The molecule has 0 aromatic heterocycles. The largest absolute Gasteiger partial charge is 0.357 e. The molecule has 2 amide bonds. The summed E-state index contributed by atoms with van der Waals surface area (Å²) in [6.45, 7) is 1.53. The number of aryl methyl sites for hydroxylation is 1. The Morgan fingerprint density at radius 1 is 0.805 bits per heavy atom. The molecule has 9 heteroatoms. The standard InChI is InChI=1S/C32H32BrN3O4S/c1-24-13-19-28(20-14-24)36(41(39,40)29-11-7-4-8-12-29)23-31(37)35(22-26-15-17-27(33)18-16-26)30(32(38)34-2)21-25-9-5-3-6-10-25/h3-20,30H,21-23H2,1-2H3,(H,34,38)/t30-/m0/s1. The van der Waals surface area contributed by atoms with Gasteiger partial charge >= 0.3 is 0 Å². The zero-order valence-electron chi connectivity index (χ0n) is 22.9. The molecule has 1 atom stereocenters. The number of nitrogens with one attached hydrogen (secondary N) is 1. The van der Waals surface area contributed by atoms with Crippen LogP contribution in [0.15, 0.2) is 119 Å². The summed E-state index contributed by atoms with van der Waals surface area (Å²) in [5.74, 6) is -0.843. The molecule has 0 aliphatic rings. The van der Waals surface area contributed by atoms with E-state index in [-0.39, 0.29) is 23.8 Å². The first kappa shape index (κ1) is 30.0. The Morgan fingerprint density at radius 3 is 1.98 bits per heavy atom. The van der Waals surface area contributed by atoms with E-state index in [1.165, 1.54) is 24.1 Å². The van der Waals surface area contributed by atoms with Gasteiger partial charge in [0.15, 0.2) is 0 Å². The SMILES string of the molecule is CNC(=O)[C@H](Cc1ccccc1)N(Cc1ccc(Br)cc1)C(=O)CN(c1ccc(C)cc1)S(=O)(=O)c1ccccc1. The fraction of sp³-hybridized carbons (Fsp3) is 0.188. The van der Waals surface area contributed by atoms with Gasteiger partial charge in [-0.1, -0.05) is 94.3 Å². The lowest BCUT2D eigenvalue weighted by atomic mass is 10.0. The molecule has 212 valence electrons. The highest BCUT2D eigenvalue weighted by Crippen LogP contribution is 2.25. The van der Waals surface area contributed by atoms with Crippen LogP contribution in [0.2, 0.25) is 0 Å². The van der Waals surface area contributed by atoms with Crippen molar-refractivity contribution in [1.82, 2.24) is 10.2 Å². The highest BCUT2D eigenvalue weighted by molar-refractivity contribution is 9.10. The molecule has 4 aromatic rings. The van der Waals surface area contributed by atoms with Crippen molar-refractivity contribution in [2.45, 2.75) is 30.8 Å². The fourth-order valence-electron chi connectivity index (χ4n) is 4.47. The molecule has 0 radical (unpaired) electrons. The van der Waals surface area contributed by atoms with Crippen LogP contribution >= 0.6 is 15.9 Å². The number of anilines is 1. The molecule has 0 heterocycles. The molecule has 0 saturated carbocycles. The summed E-state index contributed by atoms with van der Waals surface area (Å²) in [4.78, 5) is 29.0. The van der Waals surface area contributed by atoms with Crippen LogP contribution in [0.25, 0.3) is 0 Å². The molecule has 4 rings (SSSR count). The summed E-state index contributed by atoms with van der Waals surface area (Å²) in [6, 6.07) is 31.0. The Hall–Kier alpha value is -3.95. The number of benzene rings is 4. The van der Waals surface area contributed by atoms with Gasteiger partial charge in [0, 0.05) is 24.5 Å². The second-order valence-electron chi connectivity index (χ2n) is 9.63. The van der Waals surface area contributed by atoms with Crippen LogP contribution in [0.5, 0.6) is 0 Å². The first-order chi connectivity index (χ1) is 19.7. The van der Waals surface area contributed by atoms with Crippen molar-refractivity contribution < 1.29 is 18.0 Å². The summed E-state index contributed by atoms with van der Waals surface area (Å²) in [5, 5.41) is 2.69. The molecule has 0 fully saturated rings. The quantitative estimate of drug-likeness (QED) is 0.242. The summed E-state index contributed by atoms with van der Waals surface area (Å²) < 4.78 is 29.8. The van der Waals surface area contributed by atoms with Crippen LogP contribution in [0.4, 0.5) is 5.69 Å². The number of carbonyl (C=O) groups is 2. The number of halogens is 1. The van der Waals surface area contributed by atoms with Gasteiger partial charge in [-0.3, -0.25) is 13.9 Å². The van der Waals surface area contributed by atoms with E-state index in [0.29, 0.717) is 5.69 Å². The zero-order chi connectivity index (χ0) is 29.4. The summed E-state index contributed by atoms with van der Waals surface area (Å²) >= 11 is 3.44. The van der Waals surface area contributed by atoms with E-state index >= 15 is 0 Å². The molecular weight excluding hydrogens is 602 g/mol. The maximum Gasteiger partial charge on any atom is 0.264 e. The van der Waals surface area contributed by atoms with E-state index in [1.54, 1.807) is 42.5 Å². The van der Waals surface area contributed by atoms with Crippen molar-refractivity contribution in [3.63, 3.8) is 0 Å². The molecule has 0 bridgehead atoms. The van der Waals surface area contributed by atoms with Crippen LogP contribution in [0, 0.1) is 6.92 Å². The lowest BCUT2D eigenvalue weighted by molar-refractivity contribution is -0.139. The fourth-order valence-corrected chi connectivity index (χ4v) is 6.17. The van der Waals surface area contributed by atoms with Crippen molar-refractivity contribution in [2.24, 2.45) is 0 Å². The number of rotatable bonds is 11. The van der Waals surface area contributed by atoms with Crippen molar-refractivity contribution >= 4 is 43.5 Å². The molecule has 0 unspecified atom stereocenters. The number of nitrogens with zero attached hydrogens (tertiary/aromatic N) is 2. The molecule has 0 saturated heterocycles. The number of likely N-dealkylation sites (N-methyl/N-ethyl adjacent to an activating group) is 1. The third kappa shape index (κ3) is 7.62. The third-order valence-electron chi connectivity index (χ3n) is 6.72. The minimum absolute atomic E-state index is 0.0694. The van der Waals surface area contributed by atoms with E-state index in [9.17, 15) is 18.0 Å². The number of sulfonamides is 1. The lowest BCUT2D eigenvalue weighted by Crippen LogP contribution is -2.53. The van der Waals surface area contributed by atoms with Gasteiger partial charge in [-0.05, 0) is 54.4 Å². The van der Waals surface area contributed by atoms with Gasteiger partial charge in [0.05, 0.1) is 10.6 Å². The van der Waals surface area contributed by atoms with E-state index in [4.69, 9.17) is 0 Å². The minimum Gasteiger partial charge on any atom is -0.357 e. The van der Waals surface area contributed by atoms with Crippen LogP contribution in [-0.2, 0) is 32.6 Å². The summed E-state index contributed by atoms with van der Waals surface area (Å²) in [7, 11) is -2.58. The molecule has 4 aromatic carbocycles. The Bertz CT molecular complexity index is 1560. The maximum absolute atomic E-state index is 14.2. The second kappa shape index (κ2) is 13.6. The van der Waals surface area contributed by atoms with Crippen LogP contribution in [0.1, 0.15) is 16.7 Å². The molecule has 1 N–H and O–H groups in total. The van der Waals surface area contributed by atoms with Crippen LogP contribution in [-0.4, -0.2) is 44.8 Å². The van der Waals surface area contributed by atoms with E-state index in [2.05, 4.69) is 21.2 Å². The van der Waals surface area contributed by atoms with Crippen LogP contribution < -0.4 is 9.62 Å². The summed E-state index contributed by atoms with van der Waals surface area (Å²) in [5.41, 5.74) is 2.99. The molecule has 0 spiro atoms. The molecular formula is C32H32BrN3O4S. The third-order valence-corrected chi connectivity index (χ3v) is 9.03. The molecule has 41 heavy (non-hydrogen) atoms. The van der Waals surface area contributed by atoms with Gasteiger partial charge in [-0.2, -0.15) is 0 Å². The Morgan fingerprint density at radius 2 is 1.39 bits per heavy atom. The number of carbonyl (C=O) groups excluding carboxylic acids is 2. The summed E-state index contributed by atoms with van der Waals surface area (Å²) in [6.07, 6.45) is 0.263. The Labute approximate surface area is 250 Å². The van der Waals surface area contributed by atoms with E-state index in [1.807, 2.05) is 61.5 Å². The van der Waals surface area contributed by atoms with Gasteiger partial charge in [-0.25, -0.2) is 8.42 Å². The zero-order valence-corrected chi connectivity index (χ0v) is 25.3. The highest BCUT2D eigenvalue weighted by Gasteiger charge is 2.34. The second-order valence-corrected chi connectivity index (χ2v) is 12.4. The average Bonchev–Trinajstić information content (AvgIpc) is 2.99. The maximum atomic E-state index is 14.2. The van der Waals surface area contributed by atoms with Crippen molar-refractivity contribution in [1.29, 1.82) is 0 Å². The van der Waals surface area contributed by atoms with Gasteiger partial charge in [0.1, 0.15) is 12.6 Å². The van der Waals surface area contributed by atoms with Gasteiger partial charge in [-0.15, -0.1) is 0 Å². The van der Waals surface area contributed by atoms with Gasteiger partial charge in [0.2, 0.25) is 11.8 Å². The lowest BCUT2D eigenvalue weighted by Gasteiger charge is -2.33. The smallest absolute Gasteiger partial charge is 0.264 e. The Balaban J connectivity index is 1.77. The number of hydrogen-bond acceptors (Lipinski definition) is 4. The van der Waals surface area contributed by atoms with Crippen LogP contribution in [0.3, 0.4) is 0 Å². The normalized spacial score (nSPS) is 11.9. The predicted molar refractivity (Wildman–Crippen MR) is 165 cm³/mol. The average molecular weight is 635 g/mol. The molecule has 0 aliphatic carbocycles. The van der Waals surface area contributed by atoms with E-state index < -0.39 is 28.5 Å².